The van der Waals surface area contributed by atoms with E-state index in [1.165, 1.54) is 0 Å². The summed E-state index contributed by atoms with van der Waals surface area (Å²) in [6, 6.07) is 0. The molecule has 1 aliphatic carbocycles. The van der Waals surface area contributed by atoms with Gasteiger partial charge >= 0.3 is 0 Å². The Labute approximate surface area is 313 Å². The highest BCUT2D eigenvalue weighted by atomic mass is 16.7. The maximum atomic E-state index is 14.1. The van der Waals surface area contributed by atoms with Crippen LogP contribution in [0.3, 0.4) is 0 Å². The second-order valence-corrected chi connectivity index (χ2v) is 18.0. The molecule has 12 heteroatoms. The average molecular weight is 744 g/mol. The Morgan fingerprint density at radius 2 is 1.62 bits per heavy atom. The zero-order chi connectivity index (χ0) is 36.8. The van der Waals surface area contributed by atoms with Crippen molar-refractivity contribution < 1.29 is 52.9 Å². The molecule has 12 nitrogen and oxygen atoms in total. The summed E-state index contributed by atoms with van der Waals surface area (Å²) in [6.45, 7) is 11.2. The van der Waals surface area contributed by atoms with Crippen LogP contribution in [0.4, 0.5) is 0 Å². The average Bonchev–Trinajstić information content (AvgIpc) is 3.64. The van der Waals surface area contributed by atoms with E-state index in [4.69, 9.17) is 43.6 Å². The van der Waals surface area contributed by atoms with Crippen LogP contribution in [0, 0.1) is 23.7 Å². The summed E-state index contributed by atoms with van der Waals surface area (Å²) in [5.74, 6) is -0.836. The monoisotopic (exact) mass is 743 g/mol. The van der Waals surface area contributed by atoms with E-state index in [0.717, 1.165) is 49.7 Å². The summed E-state index contributed by atoms with van der Waals surface area (Å²) in [6.07, 6.45) is 4.19. The lowest BCUT2D eigenvalue weighted by Gasteiger charge is -2.69. The molecule has 4 N–H and O–H groups in total. The lowest BCUT2D eigenvalue weighted by atomic mass is 9.57. The number of hydrogen-bond acceptors (Lipinski definition) is 12. The number of rotatable bonds is 4. The van der Waals surface area contributed by atoms with Gasteiger partial charge in [0, 0.05) is 69.9 Å². The molecule has 9 rings (SSSR count). The normalized spacial score (nSPS) is 53.0. The van der Waals surface area contributed by atoms with Crippen LogP contribution < -0.4 is 5.73 Å². The number of fused-ring (bicyclic) bond motifs is 7. The zero-order valence-electron chi connectivity index (χ0n) is 31.4. The third-order valence-electron chi connectivity index (χ3n) is 14.7. The predicted octanol–water partition coefficient (Wildman–Crippen LogP) is 3.28. The highest BCUT2D eigenvalue weighted by Gasteiger charge is 2.72. The van der Waals surface area contributed by atoms with E-state index in [1.54, 1.807) is 7.11 Å². The predicted molar refractivity (Wildman–Crippen MR) is 191 cm³/mol. The van der Waals surface area contributed by atoms with Crippen LogP contribution in [0.1, 0.15) is 90.4 Å². The van der Waals surface area contributed by atoms with Crippen LogP contribution in [-0.4, -0.2) is 127 Å². The molecule has 0 aromatic heterocycles. The molecule has 9 bridgehead atoms. The van der Waals surface area contributed by atoms with Crippen LogP contribution in [0.5, 0.6) is 0 Å². The molecule has 0 amide bonds. The summed E-state index contributed by atoms with van der Waals surface area (Å²) in [7, 11) is 1.66. The van der Waals surface area contributed by atoms with Crippen molar-refractivity contribution in [3.63, 3.8) is 0 Å². The summed E-state index contributed by atoms with van der Waals surface area (Å²) >= 11 is 0. The number of carbonyl (C=O) groups is 1. The number of ketones is 1. The number of hydrogen-bond donors (Lipinski definition) is 3. The third-order valence-corrected chi connectivity index (χ3v) is 14.7. The molecule has 9 aliphatic rings. The SMILES string of the molecule is C=C1CC2CC[C@@]34C[C@@H](O)C5[C@@H]6OC7CCC(CC(=O)CC8[C@@H](OC)C(CC(O)CN)O[C@H]8CC8OC(CCC1O2)C[C@@H](C)C8=C)O[C@@H]7C(O3)C6[C@@H]5O4. The number of aliphatic hydroxyl groups excluding tert-OH is 2. The number of methoxy groups -OCH3 is 1. The Kier molecular flexibility index (Phi) is 10.3. The van der Waals surface area contributed by atoms with Gasteiger partial charge in [0.15, 0.2) is 5.79 Å². The first-order valence-electron chi connectivity index (χ1n) is 20.6. The number of Topliss-reactive ketones (excluding diaryl/α,β-unsaturated/α-hetero) is 1. The van der Waals surface area contributed by atoms with Gasteiger partial charge in [0.25, 0.3) is 0 Å². The van der Waals surface area contributed by atoms with E-state index in [-0.39, 0.29) is 122 Å². The minimum Gasteiger partial charge on any atom is -0.392 e. The molecular formula is C41H61NO11. The van der Waals surface area contributed by atoms with Gasteiger partial charge < -0.3 is 53.8 Å². The third kappa shape index (κ3) is 6.73. The second-order valence-electron chi connectivity index (χ2n) is 18.0. The maximum Gasteiger partial charge on any atom is 0.171 e. The Morgan fingerprint density at radius 3 is 2.43 bits per heavy atom. The Hall–Kier alpha value is -1.29. The van der Waals surface area contributed by atoms with Gasteiger partial charge in [-0.3, -0.25) is 4.79 Å². The van der Waals surface area contributed by atoms with Crippen LogP contribution in [0.15, 0.2) is 24.3 Å². The molecule has 1 saturated carbocycles. The van der Waals surface area contributed by atoms with Crippen LogP contribution in [0.25, 0.3) is 0 Å². The summed E-state index contributed by atoms with van der Waals surface area (Å²) < 4.78 is 53.4. The molecular weight excluding hydrogens is 682 g/mol. The van der Waals surface area contributed by atoms with Crippen molar-refractivity contribution in [1.82, 2.24) is 0 Å². The number of nitrogens with two attached hydrogens (primary N) is 1. The smallest absolute Gasteiger partial charge is 0.171 e. The fraction of sp³-hybridized carbons (Fsp3) is 0.878. The van der Waals surface area contributed by atoms with E-state index in [2.05, 4.69) is 20.1 Å². The van der Waals surface area contributed by atoms with Crippen molar-refractivity contribution in [2.24, 2.45) is 29.4 Å². The Morgan fingerprint density at radius 1 is 0.849 bits per heavy atom. The molecule has 8 heterocycles. The number of aliphatic hydroxyl groups is 2. The lowest BCUT2D eigenvalue weighted by Crippen LogP contribution is -2.81. The van der Waals surface area contributed by atoms with Gasteiger partial charge in [0.1, 0.15) is 11.9 Å². The molecule has 0 aromatic rings. The molecule has 0 aromatic carbocycles. The summed E-state index contributed by atoms with van der Waals surface area (Å²) in [5, 5.41) is 21.9. The zero-order valence-corrected chi connectivity index (χ0v) is 31.4. The Bertz CT molecular complexity index is 1410. The maximum absolute atomic E-state index is 14.1. The largest absolute Gasteiger partial charge is 0.392 e. The number of ether oxygens (including phenoxy) is 8. The summed E-state index contributed by atoms with van der Waals surface area (Å²) in [4.78, 5) is 14.1. The van der Waals surface area contributed by atoms with Crippen molar-refractivity contribution >= 4 is 5.78 Å². The molecule has 0 radical (unpaired) electrons. The van der Waals surface area contributed by atoms with Crippen molar-refractivity contribution in [3.8, 4) is 0 Å². The van der Waals surface area contributed by atoms with E-state index >= 15 is 0 Å². The van der Waals surface area contributed by atoms with E-state index in [1.807, 2.05) is 0 Å². The molecule has 8 aliphatic heterocycles. The highest BCUT2D eigenvalue weighted by molar-refractivity contribution is 5.79. The van der Waals surface area contributed by atoms with Crippen molar-refractivity contribution in [1.29, 1.82) is 0 Å². The van der Waals surface area contributed by atoms with Crippen LogP contribution in [0.2, 0.25) is 0 Å². The first-order chi connectivity index (χ1) is 25.5. The minimum absolute atomic E-state index is 0.00462. The van der Waals surface area contributed by atoms with Crippen LogP contribution >= 0.6 is 0 Å². The second kappa shape index (κ2) is 14.6. The summed E-state index contributed by atoms with van der Waals surface area (Å²) in [5.41, 5.74) is 7.98. The number of carbonyl (C=O) groups excluding carboxylic acids is 1. The fourth-order valence-electron chi connectivity index (χ4n) is 11.9. The molecule has 9 fully saturated rings. The molecule has 12 unspecified atom stereocenters. The lowest BCUT2D eigenvalue weighted by molar-refractivity contribution is -0.470. The van der Waals surface area contributed by atoms with E-state index in [0.29, 0.717) is 32.1 Å². The molecule has 1 spiro atoms. The van der Waals surface area contributed by atoms with Gasteiger partial charge in [-0.05, 0) is 62.0 Å². The first kappa shape index (κ1) is 37.3. The van der Waals surface area contributed by atoms with Gasteiger partial charge in [-0.1, -0.05) is 20.1 Å². The van der Waals surface area contributed by atoms with Crippen molar-refractivity contribution in [2.45, 2.75) is 188 Å². The molecule has 20 atom stereocenters. The molecule has 296 valence electrons. The van der Waals surface area contributed by atoms with Gasteiger partial charge in [-0.15, -0.1) is 0 Å². The van der Waals surface area contributed by atoms with Gasteiger partial charge in [-0.25, -0.2) is 0 Å². The quantitative estimate of drug-likeness (QED) is 0.362. The van der Waals surface area contributed by atoms with Crippen molar-refractivity contribution in [3.05, 3.63) is 24.3 Å². The van der Waals surface area contributed by atoms with Gasteiger partial charge in [0.2, 0.25) is 0 Å². The Balaban J connectivity index is 0.994. The standard InChI is InChI=1S/C41H61NO11/c1-19-11-24-5-7-29-20(2)12-26(47-29)9-10-41-17-28(45)34-38-35(39(34)52-41)40(53-41)37-30(51-38)8-6-25(49-37)13-22(43)14-27-32(16-31(48-24)21(19)3)50-33(36(27)46-4)15-23(44)18-42/h19,23-40,44-45H,2-3,5-18,42H2,1,4H3/t19-,23?,24?,25?,26?,27?,28-,29?,30?,31?,32+,33?,34?,35?,36-,37+,38+,39-,40?,41+/m1/s1. The minimum atomic E-state index is -0.912. The van der Waals surface area contributed by atoms with E-state index in [9.17, 15) is 15.0 Å². The van der Waals surface area contributed by atoms with Gasteiger partial charge in [0.05, 0.1) is 85.5 Å². The van der Waals surface area contributed by atoms with E-state index < -0.39 is 24.1 Å². The topological polar surface area (TPSA) is 157 Å². The molecule has 8 saturated heterocycles. The fourth-order valence-corrected chi connectivity index (χ4v) is 11.9. The van der Waals surface area contributed by atoms with Gasteiger partial charge in [-0.2, -0.15) is 0 Å². The molecule has 53 heavy (non-hydrogen) atoms. The van der Waals surface area contributed by atoms with Crippen molar-refractivity contribution in [2.75, 3.05) is 13.7 Å². The highest BCUT2D eigenvalue weighted by Crippen LogP contribution is 2.60. The van der Waals surface area contributed by atoms with Crippen LogP contribution in [-0.2, 0) is 42.7 Å². The first-order valence-corrected chi connectivity index (χ1v) is 20.6.